The molecule has 0 spiro atoms. The van der Waals surface area contributed by atoms with Crippen LogP contribution in [0.25, 0.3) is 0 Å². The third kappa shape index (κ3) is 4.00. The third-order valence-electron chi connectivity index (χ3n) is 6.07. The van der Waals surface area contributed by atoms with Crippen LogP contribution in [0, 0.1) is 0 Å². The predicted molar refractivity (Wildman–Crippen MR) is 98.8 cm³/mol. The van der Waals surface area contributed by atoms with Crippen molar-refractivity contribution in [3.63, 3.8) is 0 Å². The van der Waals surface area contributed by atoms with Crippen LogP contribution in [0.2, 0.25) is 0 Å². The molecule has 4 rings (SSSR count). The average Bonchev–Trinajstić information content (AvgIpc) is 3.20. The minimum atomic E-state index is 0.332. The largest absolute Gasteiger partial charge is 0.490 e. The second-order valence-electron chi connectivity index (χ2n) is 7.85. The fourth-order valence-corrected chi connectivity index (χ4v) is 4.74. The SMILES string of the molecule is O=C(CCc1cccc(OC2CCCC2)c1)N1C2CCNCC1CC2. The van der Waals surface area contributed by atoms with E-state index in [9.17, 15) is 4.79 Å². The van der Waals surface area contributed by atoms with E-state index >= 15 is 0 Å². The molecule has 1 N–H and O–H groups in total. The molecule has 3 fully saturated rings. The maximum atomic E-state index is 12.8. The lowest BCUT2D eigenvalue weighted by Gasteiger charge is -2.28. The van der Waals surface area contributed by atoms with Gasteiger partial charge >= 0.3 is 0 Å². The van der Waals surface area contributed by atoms with Crippen molar-refractivity contribution in [1.29, 1.82) is 0 Å². The molecule has 1 aromatic rings. The number of fused-ring (bicyclic) bond motifs is 2. The quantitative estimate of drug-likeness (QED) is 0.893. The van der Waals surface area contributed by atoms with E-state index < -0.39 is 0 Å². The molecule has 4 heteroatoms. The molecule has 0 radical (unpaired) electrons. The number of nitrogens with zero attached hydrogens (tertiary/aromatic N) is 1. The van der Waals surface area contributed by atoms with Crippen LogP contribution >= 0.6 is 0 Å². The molecular formula is C21H30N2O2. The van der Waals surface area contributed by atoms with E-state index in [1.165, 1.54) is 37.7 Å². The zero-order valence-corrected chi connectivity index (χ0v) is 15.1. The number of rotatable bonds is 5. The van der Waals surface area contributed by atoms with E-state index in [4.69, 9.17) is 4.74 Å². The van der Waals surface area contributed by atoms with Gasteiger partial charge in [-0.15, -0.1) is 0 Å². The Hall–Kier alpha value is -1.55. The van der Waals surface area contributed by atoms with Crippen LogP contribution in [0.4, 0.5) is 0 Å². The van der Waals surface area contributed by atoms with Crippen LogP contribution in [-0.4, -0.2) is 42.1 Å². The maximum absolute atomic E-state index is 12.8. The summed E-state index contributed by atoms with van der Waals surface area (Å²) in [7, 11) is 0. The number of benzene rings is 1. The first-order chi connectivity index (χ1) is 12.3. The van der Waals surface area contributed by atoms with Crippen LogP contribution in [0.5, 0.6) is 5.75 Å². The normalized spacial score (nSPS) is 26.6. The molecular weight excluding hydrogens is 312 g/mol. The van der Waals surface area contributed by atoms with Gasteiger partial charge in [0.25, 0.3) is 0 Å². The van der Waals surface area contributed by atoms with Crippen molar-refractivity contribution in [2.24, 2.45) is 0 Å². The van der Waals surface area contributed by atoms with Crippen molar-refractivity contribution >= 4 is 5.91 Å². The minimum absolute atomic E-state index is 0.332. The topological polar surface area (TPSA) is 41.6 Å². The summed E-state index contributed by atoms with van der Waals surface area (Å²) in [6.07, 6.45) is 10.2. The molecule has 2 saturated heterocycles. The van der Waals surface area contributed by atoms with Crippen LogP contribution in [0.3, 0.4) is 0 Å². The summed E-state index contributed by atoms with van der Waals surface area (Å²) in [5, 5.41) is 3.47. The standard InChI is InChI=1S/C21H30N2O2/c24-21(23-17-9-10-18(23)15-22-13-12-17)11-8-16-4-3-7-20(14-16)25-19-5-1-2-6-19/h3-4,7,14,17-19,22H,1-2,5-6,8-13,15H2. The number of aryl methyl sites for hydroxylation is 1. The molecule has 1 amide bonds. The number of nitrogens with one attached hydrogen (secondary N) is 1. The predicted octanol–water partition coefficient (Wildman–Crippen LogP) is 3.29. The smallest absolute Gasteiger partial charge is 0.223 e. The average molecular weight is 342 g/mol. The third-order valence-corrected chi connectivity index (χ3v) is 6.07. The number of hydrogen-bond donors (Lipinski definition) is 1. The van der Waals surface area contributed by atoms with E-state index in [0.717, 1.165) is 38.1 Å². The summed E-state index contributed by atoms with van der Waals surface area (Å²) in [6.45, 7) is 2.01. The highest BCUT2D eigenvalue weighted by molar-refractivity contribution is 5.77. The second-order valence-corrected chi connectivity index (χ2v) is 7.85. The molecule has 2 atom stereocenters. The van der Waals surface area contributed by atoms with Crippen molar-refractivity contribution in [2.45, 2.75) is 76.0 Å². The van der Waals surface area contributed by atoms with Crippen molar-refractivity contribution in [3.05, 3.63) is 29.8 Å². The second kappa shape index (κ2) is 7.77. The van der Waals surface area contributed by atoms with Gasteiger partial charge in [0.05, 0.1) is 6.10 Å². The first kappa shape index (κ1) is 16.9. The van der Waals surface area contributed by atoms with Crippen LogP contribution in [0.15, 0.2) is 24.3 Å². The van der Waals surface area contributed by atoms with Gasteiger partial charge in [0, 0.05) is 25.0 Å². The molecule has 25 heavy (non-hydrogen) atoms. The number of carbonyl (C=O) groups is 1. The summed E-state index contributed by atoms with van der Waals surface area (Å²) in [5.74, 6) is 1.30. The van der Waals surface area contributed by atoms with Crippen LogP contribution in [0.1, 0.15) is 56.9 Å². The van der Waals surface area contributed by atoms with Gasteiger partial charge in [-0.1, -0.05) is 12.1 Å². The summed E-state index contributed by atoms with van der Waals surface area (Å²) < 4.78 is 6.10. The van der Waals surface area contributed by atoms with Gasteiger partial charge in [0.1, 0.15) is 5.75 Å². The Morgan fingerprint density at radius 2 is 1.96 bits per heavy atom. The molecule has 4 nitrogen and oxygen atoms in total. The van der Waals surface area contributed by atoms with E-state index in [0.29, 0.717) is 30.5 Å². The highest BCUT2D eigenvalue weighted by Gasteiger charge is 2.37. The van der Waals surface area contributed by atoms with E-state index in [-0.39, 0.29) is 0 Å². The Morgan fingerprint density at radius 3 is 2.84 bits per heavy atom. The minimum Gasteiger partial charge on any atom is -0.490 e. The van der Waals surface area contributed by atoms with Crippen LogP contribution < -0.4 is 10.1 Å². The lowest BCUT2D eigenvalue weighted by molar-refractivity contribution is -0.133. The molecule has 2 bridgehead atoms. The maximum Gasteiger partial charge on any atom is 0.223 e. The molecule has 136 valence electrons. The van der Waals surface area contributed by atoms with Gasteiger partial charge in [-0.2, -0.15) is 0 Å². The van der Waals surface area contributed by atoms with Gasteiger partial charge in [-0.05, 0) is 75.6 Å². The highest BCUT2D eigenvalue weighted by Crippen LogP contribution is 2.29. The molecule has 0 aromatic heterocycles. The summed E-state index contributed by atoms with van der Waals surface area (Å²) >= 11 is 0. The number of hydrogen-bond acceptors (Lipinski definition) is 3. The number of carbonyl (C=O) groups excluding carboxylic acids is 1. The Bertz CT molecular complexity index is 583. The first-order valence-corrected chi connectivity index (χ1v) is 10.1. The van der Waals surface area contributed by atoms with Gasteiger partial charge in [0.15, 0.2) is 0 Å². The van der Waals surface area contributed by atoms with Gasteiger partial charge in [-0.3, -0.25) is 4.79 Å². The molecule has 1 aromatic carbocycles. The van der Waals surface area contributed by atoms with Gasteiger partial charge < -0.3 is 15.0 Å². The van der Waals surface area contributed by atoms with Crippen molar-refractivity contribution in [1.82, 2.24) is 10.2 Å². The van der Waals surface area contributed by atoms with E-state index in [2.05, 4.69) is 28.4 Å². The molecule has 1 saturated carbocycles. The zero-order valence-electron chi connectivity index (χ0n) is 15.1. The molecule has 3 aliphatic rings. The Morgan fingerprint density at radius 1 is 1.12 bits per heavy atom. The van der Waals surface area contributed by atoms with Crippen molar-refractivity contribution in [3.8, 4) is 5.75 Å². The van der Waals surface area contributed by atoms with Gasteiger partial charge in [-0.25, -0.2) is 0 Å². The summed E-state index contributed by atoms with van der Waals surface area (Å²) in [6, 6.07) is 9.23. The lowest BCUT2D eigenvalue weighted by Crippen LogP contribution is -2.42. The van der Waals surface area contributed by atoms with E-state index in [1.807, 2.05) is 6.07 Å². The van der Waals surface area contributed by atoms with E-state index in [1.54, 1.807) is 0 Å². The highest BCUT2D eigenvalue weighted by atomic mass is 16.5. The fraction of sp³-hybridized carbons (Fsp3) is 0.667. The molecule has 2 unspecified atom stereocenters. The van der Waals surface area contributed by atoms with Crippen molar-refractivity contribution < 1.29 is 9.53 Å². The summed E-state index contributed by atoms with van der Waals surface area (Å²) in [4.78, 5) is 15.0. The van der Waals surface area contributed by atoms with Gasteiger partial charge in [0.2, 0.25) is 5.91 Å². The molecule has 2 heterocycles. The lowest BCUT2D eigenvalue weighted by atomic mass is 10.1. The Kier molecular flexibility index (Phi) is 5.25. The monoisotopic (exact) mass is 342 g/mol. The number of amides is 1. The van der Waals surface area contributed by atoms with Crippen molar-refractivity contribution in [2.75, 3.05) is 13.1 Å². The fourth-order valence-electron chi connectivity index (χ4n) is 4.74. The number of ether oxygens (including phenoxy) is 1. The molecule has 1 aliphatic carbocycles. The Balaban J connectivity index is 1.33. The first-order valence-electron chi connectivity index (χ1n) is 10.1. The Labute approximate surface area is 150 Å². The molecule has 2 aliphatic heterocycles. The summed E-state index contributed by atoms with van der Waals surface area (Å²) in [5.41, 5.74) is 1.21. The zero-order chi connectivity index (χ0) is 17.1. The van der Waals surface area contributed by atoms with Crippen LogP contribution in [-0.2, 0) is 11.2 Å².